The lowest BCUT2D eigenvalue weighted by Crippen LogP contribution is -2.46. The minimum absolute atomic E-state index is 0.156. The Morgan fingerprint density at radius 2 is 1.69 bits per heavy atom. The van der Waals surface area contributed by atoms with Crippen molar-refractivity contribution in [2.24, 2.45) is 0 Å². The second-order valence-corrected chi connectivity index (χ2v) is 10.4. The van der Waals surface area contributed by atoms with Crippen LogP contribution in [0.25, 0.3) is 10.9 Å². The number of benzene rings is 1. The van der Waals surface area contributed by atoms with Crippen LogP contribution in [0.4, 0.5) is 11.9 Å². The van der Waals surface area contributed by atoms with Gasteiger partial charge in [0.15, 0.2) is 0 Å². The van der Waals surface area contributed by atoms with Gasteiger partial charge in [0.2, 0.25) is 11.9 Å². The van der Waals surface area contributed by atoms with E-state index in [-0.39, 0.29) is 6.04 Å². The SMILES string of the molecule is Cc1nc(C)nc(N2CCc3c([nH]c4ccc(Cl)cc34)C2c2cnc(N3C4CCC3COC4)nc2)n1. The number of hydrogen-bond donors (Lipinski definition) is 1. The number of aromatic amines is 1. The number of aryl methyl sites for hydroxylation is 2. The van der Waals surface area contributed by atoms with Gasteiger partial charge < -0.3 is 19.5 Å². The van der Waals surface area contributed by atoms with Crippen molar-refractivity contribution >= 4 is 34.4 Å². The van der Waals surface area contributed by atoms with Crippen LogP contribution < -0.4 is 9.80 Å². The third-order valence-corrected chi connectivity index (χ3v) is 7.87. The van der Waals surface area contributed by atoms with Gasteiger partial charge in [0.25, 0.3) is 0 Å². The number of fused-ring (bicyclic) bond motifs is 5. The molecule has 0 spiro atoms. The summed E-state index contributed by atoms with van der Waals surface area (Å²) in [7, 11) is 0. The zero-order valence-corrected chi connectivity index (χ0v) is 21.0. The van der Waals surface area contributed by atoms with Crippen LogP contribution in [0.1, 0.15) is 47.4 Å². The van der Waals surface area contributed by atoms with Crippen molar-refractivity contribution in [1.82, 2.24) is 29.9 Å². The van der Waals surface area contributed by atoms with Crippen LogP contribution in [-0.4, -0.2) is 61.7 Å². The number of rotatable bonds is 3. The van der Waals surface area contributed by atoms with Crippen molar-refractivity contribution < 1.29 is 4.74 Å². The maximum atomic E-state index is 6.37. The molecule has 0 aliphatic carbocycles. The topological polar surface area (TPSA) is 96.0 Å². The number of halogens is 1. The summed E-state index contributed by atoms with van der Waals surface area (Å²) in [5, 5.41) is 1.90. The van der Waals surface area contributed by atoms with Gasteiger partial charge in [0.1, 0.15) is 17.7 Å². The van der Waals surface area contributed by atoms with E-state index in [1.807, 2.05) is 44.4 Å². The lowest BCUT2D eigenvalue weighted by atomic mass is 9.94. The van der Waals surface area contributed by atoms with E-state index in [9.17, 15) is 0 Å². The Morgan fingerprint density at radius 1 is 0.972 bits per heavy atom. The van der Waals surface area contributed by atoms with Gasteiger partial charge in [-0.05, 0) is 56.9 Å². The summed E-state index contributed by atoms with van der Waals surface area (Å²) >= 11 is 6.37. The first-order chi connectivity index (χ1) is 17.5. The molecule has 3 atom stereocenters. The highest BCUT2D eigenvalue weighted by atomic mass is 35.5. The summed E-state index contributed by atoms with van der Waals surface area (Å²) in [5.41, 5.74) is 4.44. The van der Waals surface area contributed by atoms with E-state index < -0.39 is 0 Å². The van der Waals surface area contributed by atoms with E-state index >= 15 is 0 Å². The Hall–Kier alpha value is -3.30. The van der Waals surface area contributed by atoms with Gasteiger partial charge in [-0.3, -0.25) is 0 Å². The van der Waals surface area contributed by atoms with Gasteiger partial charge >= 0.3 is 0 Å². The van der Waals surface area contributed by atoms with Crippen LogP contribution in [0.2, 0.25) is 5.02 Å². The first-order valence-electron chi connectivity index (χ1n) is 12.5. The molecule has 0 amide bonds. The monoisotopic (exact) mass is 502 g/mol. The molecule has 3 aliphatic rings. The number of aromatic nitrogens is 6. The van der Waals surface area contributed by atoms with Crippen molar-refractivity contribution in [3.8, 4) is 0 Å². The Bertz CT molecular complexity index is 1420. The van der Waals surface area contributed by atoms with Crippen molar-refractivity contribution in [3.63, 3.8) is 0 Å². The maximum Gasteiger partial charge on any atom is 0.229 e. The van der Waals surface area contributed by atoms with Gasteiger partial charge in [-0.15, -0.1) is 0 Å². The number of morpholine rings is 1. The number of ether oxygens (including phenoxy) is 1. The van der Waals surface area contributed by atoms with Gasteiger partial charge in [0, 0.05) is 46.1 Å². The summed E-state index contributed by atoms with van der Waals surface area (Å²) in [6, 6.07) is 6.58. The van der Waals surface area contributed by atoms with E-state index in [4.69, 9.17) is 36.3 Å². The van der Waals surface area contributed by atoms with Gasteiger partial charge in [0.05, 0.1) is 25.3 Å². The molecular weight excluding hydrogens is 476 g/mol. The van der Waals surface area contributed by atoms with Gasteiger partial charge in [-0.2, -0.15) is 9.97 Å². The van der Waals surface area contributed by atoms with Crippen molar-refractivity contribution in [2.75, 3.05) is 29.6 Å². The van der Waals surface area contributed by atoms with Crippen LogP contribution in [0.3, 0.4) is 0 Å². The molecular formula is C26H27ClN8O. The van der Waals surface area contributed by atoms with E-state index in [2.05, 4.69) is 19.8 Å². The lowest BCUT2D eigenvalue weighted by molar-refractivity contribution is 0.0897. The predicted octanol–water partition coefficient (Wildman–Crippen LogP) is 3.93. The predicted molar refractivity (Wildman–Crippen MR) is 138 cm³/mol. The second kappa shape index (κ2) is 8.38. The lowest BCUT2D eigenvalue weighted by Gasteiger charge is -2.37. The second-order valence-electron chi connectivity index (χ2n) is 9.93. The van der Waals surface area contributed by atoms with Crippen molar-refractivity contribution in [1.29, 1.82) is 0 Å². The fourth-order valence-electron chi connectivity index (χ4n) is 6.11. The van der Waals surface area contributed by atoms with E-state index in [0.29, 0.717) is 29.7 Å². The van der Waals surface area contributed by atoms with Crippen LogP contribution in [0.15, 0.2) is 30.6 Å². The van der Waals surface area contributed by atoms with Crippen LogP contribution in [0.5, 0.6) is 0 Å². The minimum atomic E-state index is -0.156. The smallest absolute Gasteiger partial charge is 0.229 e. The molecule has 3 aromatic heterocycles. The summed E-state index contributed by atoms with van der Waals surface area (Å²) in [5.74, 6) is 2.87. The van der Waals surface area contributed by atoms with Gasteiger partial charge in [-0.25, -0.2) is 15.0 Å². The van der Waals surface area contributed by atoms with Gasteiger partial charge in [-0.1, -0.05) is 11.6 Å². The Kier molecular flexibility index (Phi) is 5.11. The molecule has 0 saturated carbocycles. The van der Waals surface area contributed by atoms with E-state index in [0.717, 1.165) is 72.2 Å². The average Bonchev–Trinajstić information content (AvgIpc) is 3.35. The number of H-pyrrole nitrogens is 1. The number of nitrogens with zero attached hydrogens (tertiary/aromatic N) is 7. The molecule has 3 aliphatic heterocycles. The highest BCUT2D eigenvalue weighted by molar-refractivity contribution is 6.31. The quantitative estimate of drug-likeness (QED) is 0.450. The molecule has 7 rings (SSSR count). The molecule has 184 valence electrons. The molecule has 9 nitrogen and oxygen atoms in total. The average molecular weight is 503 g/mol. The maximum absolute atomic E-state index is 6.37. The number of nitrogens with one attached hydrogen (secondary N) is 1. The molecule has 4 aromatic rings. The van der Waals surface area contributed by atoms with E-state index in [1.165, 1.54) is 5.56 Å². The highest BCUT2D eigenvalue weighted by Gasteiger charge is 2.39. The van der Waals surface area contributed by atoms with E-state index in [1.54, 1.807) is 0 Å². The third-order valence-electron chi connectivity index (χ3n) is 7.64. The standard InChI is InChI=1S/C26H27ClN8O/c1-14-30-15(2)32-26(31-14)34-8-7-20-21-9-17(27)3-6-22(21)33-23(20)24(34)16-10-28-25(29-11-16)35-18-4-5-19(35)13-36-12-18/h3,6,9-11,18-19,24,33H,4-5,7-8,12-13H2,1-2H3. The molecule has 1 N–H and O–H groups in total. The Morgan fingerprint density at radius 3 is 2.42 bits per heavy atom. The fourth-order valence-corrected chi connectivity index (χ4v) is 6.28. The Balaban J connectivity index is 1.34. The molecule has 2 fully saturated rings. The molecule has 3 unspecified atom stereocenters. The normalized spacial score (nSPS) is 23.4. The molecule has 1 aromatic carbocycles. The highest BCUT2D eigenvalue weighted by Crippen LogP contribution is 2.40. The van der Waals surface area contributed by atoms with Crippen molar-refractivity contribution in [2.45, 2.75) is 51.2 Å². The number of anilines is 2. The zero-order valence-electron chi connectivity index (χ0n) is 20.3. The first kappa shape index (κ1) is 21.9. The van der Waals surface area contributed by atoms with Crippen LogP contribution in [0, 0.1) is 13.8 Å². The molecule has 6 heterocycles. The van der Waals surface area contributed by atoms with Crippen molar-refractivity contribution in [3.05, 3.63) is 64.1 Å². The number of hydrogen-bond acceptors (Lipinski definition) is 8. The summed E-state index contributed by atoms with van der Waals surface area (Å²) in [4.78, 5) is 31.8. The van der Waals surface area contributed by atoms with Crippen LogP contribution in [-0.2, 0) is 11.2 Å². The minimum Gasteiger partial charge on any atom is -0.377 e. The molecule has 36 heavy (non-hydrogen) atoms. The molecule has 10 heteroatoms. The zero-order chi connectivity index (χ0) is 24.4. The fraction of sp³-hybridized carbons (Fsp3) is 0.423. The summed E-state index contributed by atoms with van der Waals surface area (Å²) < 4.78 is 5.75. The molecule has 2 saturated heterocycles. The molecule has 0 radical (unpaired) electrons. The van der Waals surface area contributed by atoms with Crippen LogP contribution >= 0.6 is 11.6 Å². The first-order valence-corrected chi connectivity index (χ1v) is 12.9. The largest absolute Gasteiger partial charge is 0.377 e. The Labute approximate surface area is 213 Å². The third kappa shape index (κ3) is 3.52. The summed E-state index contributed by atoms with van der Waals surface area (Å²) in [6.07, 6.45) is 7.04. The summed E-state index contributed by atoms with van der Waals surface area (Å²) in [6.45, 7) is 6.06. The molecule has 2 bridgehead atoms.